The van der Waals surface area contributed by atoms with Gasteiger partial charge < -0.3 is 9.64 Å². The largest absolute Gasteiger partial charge is 0.459 e. The van der Waals surface area contributed by atoms with Crippen molar-refractivity contribution >= 4 is 11.7 Å². The number of likely N-dealkylation sites (N-methyl/N-ethyl adjacent to an activating group) is 1. The number of hydrogen-bond donors (Lipinski definition) is 0. The Morgan fingerprint density at radius 3 is 1.63 bits per heavy atom. The maximum Gasteiger partial charge on any atom is 0.330 e. The molecule has 18 rings (SSSR count). The van der Waals surface area contributed by atoms with Crippen LogP contribution < -0.4 is 4.90 Å². The molecule has 0 radical (unpaired) electrons. The molecule has 3 nitrogen and oxygen atoms in total. The summed E-state index contributed by atoms with van der Waals surface area (Å²) in [7, 11) is 0. The molecule has 0 bridgehead atoms. The fraction of sp³-hybridized carbons (Fsp3) is 0.732. The number of rotatable bonds is 7. The summed E-state index contributed by atoms with van der Waals surface area (Å²) in [5.74, 6) is 28.5. The highest BCUT2D eigenvalue weighted by Crippen LogP contribution is 2.92. The third-order valence-corrected chi connectivity index (χ3v) is 25.6. The number of para-hydroxylation sites is 1. The van der Waals surface area contributed by atoms with Crippen molar-refractivity contribution in [1.29, 1.82) is 0 Å². The Morgan fingerprint density at radius 1 is 0.576 bits per heavy atom. The number of ether oxygens (including phenoxy) is 1. The third kappa shape index (κ3) is 3.20. The first-order chi connectivity index (χ1) is 29.1. The minimum Gasteiger partial charge on any atom is -0.459 e. The van der Waals surface area contributed by atoms with E-state index < -0.39 is 0 Å². The molecule has 0 saturated heterocycles. The van der Waals surface area contributed by atoms with Gasteiger partial charge >= 0.3 is 5.97 Å². The molecule has 2 aromatic carbocycles. The van der Waals surface area contributed by atoms with Crippen LogP contribution in [0.4, 0.5) is 5.69 Å². The van der Waals surface area contributed by atoms with Crippen molar-refractivity contribution in [2.45, 2.75) is 70.9 Å². The van der Waals surface area contributed by atoms with Gasteiger partial charge in [0.25, 0.3) is 0 Å². The molecule has 30 unspecified atom stereocenters. The van der Waals surface area contributed by atoms with E-state index in [4.69, 9.17) is 4.74 Å². The van der Waals surface area contributed by atoms with Gasteiger partial charge in [0.2, 0.25) is 0 Å². The number of hydrogen-bond acceptors (Lipinski definition) is 3. The predicted octanol–water partition coefficient (Wildman–Crippen LogP) is 10.1. The summed E-state index contributed by atoms with van der Waals surface area (Å²) in [5, 5.41) is 0. The van der Waals surface area contributed by atoms with Crippen molar-refractivity contribution in [2.75, 3.05) is 11.4 Å². The molecule has 0 amide bonds. The van der Waals surface area contributed by atoms with Crippen LogP contribution in [-0.2, 0) is 16.1 Å². The van der Waals surface area contributed by atoms with Gasteiger partial charge in [0.05, 0.1) is 0 Å². The summed E-state index contributed by atoms with van der Waals surface area (Å²) in [5.41, 5.74) is 4.12. The molecule has 0 aliphatic heterocycles. The first kappa shape index (κ1) is 32.2. The molecule has 2 aromatic rings. The van der Waals surface area contributed by atoms with Gasteiger partial charge in [-0.15, -0.1) is 0 Å². The van der Waals surface area contributed by atoms with Crippen LogP contribution >= 0.6 is 0 Å². The topological polar surface area (TPSA) is 29.5 Å². The quantitative estimate of drug-likeness (QED) is 0.207. The van der Waals surface area contributed by atoms with Gasteiger partial charge in [0, 0.05) is 17.6 Å². The second-order valence-corrected chi connectivity index (χ2v) is 25.6. The number of esters is 1. The van der Waals surface area contributed by atoms with Gasteiger partial charge in [-0.2, -0.15) is 0 Å². The van der Waals surface area contributed by atoms with Crippen LogP contribution in [0, 0.1) is 171 Å². The summed E-state index contributed by atoms with van der Waals surface area (Å²) in [6, 6.07) is 21.6. The summed E-state index contributed by atoms with van der Waals surface area (Å²) < 4.78 is 6.75. The summed E-state index contributed by atoms with van der Waals surface area (Å²) in [6.45, 7) is 3.58. The van der Waals surface area contributed by atoms with Gasteiger partial charge in [-0.1, -0.05) is 60.2 Å². The van der Waals surface area contributed by atoms with Crippen LogP contribution in [0.15, 0.2) is 72.3 Å². The molecule has 30 atom stereocenters. The molecule has 16 aliphatic rings. The van der Waals surface area contributed by atoms with Gasteiger partial charge in [-0.3, -0.25) is 0 Å². The van der Waals surface area contributed by atoms with E-state index in [1.54, 1.807) is 32.1 Å². The van der Waals surface area contributed by atoms with Crippen molar-refractivity contribution in [3.05, 3.63) is 77.9 Å². The second kappa shape index (κ2) is 10.1. The molecule has 15 saturated carbocycles. The predicted molar refractivity (Wildman–Crippen MR) is 225 cm³/mol. The number of benzene rings is 2. The smallest absolute Gasteiger partial charge is 0.330 e. The molecule has 0 spiro atoms. The molecular formula is C56H63NO2. The molecular weight excluding hydrogens is 719 g/mol. The average molecular weight is 782 g/mol. The Morgan fingerprint density at radius 2 is 1.03 bits per heavy atom. The van der Waals surface area contributed by atoms with Crippen molar-refractivity contribution in [1.82, 2.24) is 0 Å². The SMILES string of the molecule is CCN(c1ccccc1)C(C(=O)OCc1ccccc1)C12C=C3CC4CC5CC6CC7CC8CC9CC(C1)C1C%10C9C8C8C7C7C6C5C5C4C4C3C2C1C1C4C5C7C8C%101. The zero-order chi connectivity index (χ0) is 37.7. The first-order valence-corrected chi connectivity index (χ1v) is 25.9. The monoisotopic (exact) mass is 781 g/mol. The minimum atomic E-state index is -0.256. The maximum absolute atomic E-state index is 15.7. The molecule has 59 heavy (non-hydrogen) atoms. The molecule has 16 aliphatic carbocycles. The lowest BCUT2D eigenvalue weighted by Gasteiger charge is -2.64. The van der Waals surface area contributed by atoms with E-state index in [0.29, 0.717) is 12.5 Å². The lowest BCUT2D eigenvalue weighted by Crippen LogP contribution is -2.64. The van der Waals surface area contributed by atoms with Crippen molar-refractivity contribution in [3.8, 4) is 0 Å². The normalized spacial score (nSPS) is 62.8. The number of nitrogens with zero attached hydrogens (tertiary/aromatic N) is 1. The van der Waals surface area contributed by atoms with Gasteiger partial charge in [-0.05, 0) is 242 Å². The average Bonchev–Trinajstić information content (AvgIpc) is 4.09. The molecule has 0 heterocycles. The van der Waals surface area contributed by atoms with E-state index in [1.165, 1.54) is 24.9 Å². The second-order valence-electron chi connectivity index (χ2n) is 25.6. The standard InChI is InChI=1S/C56H63NO2/c1-2-57(32-11-7-4-8-12-32)54(55(58)59-22-23-9-5-3-6-10-23)56-20-30-18-28-16-26-15-27-14-24-13-25-17-29-19-31(21-56)40-45-38(29)43-34(25)33(24)41-37(27)42-35(26)36(28)44-39(30)52(53(40)56)51-49(44)47(42)46(41)48(43)50(45)51/h3-12,21,24-30,33-54H,2,13-20,22H2,1H3. The lowest BCUT2D eigenvalue weighted by molar-refractivity contribution is -0.167. The fourth-order valence-electron chi connectivity index (χ4n) is 26.8. The zero-order valence-electron chi connectivity index (χ0n) is 34.9. The van der Waals surface area contributed by atoms with E-state index >= 15 is 4.79 Å². The van der Waals surface area contributed by atoms with E-state index in [0.717, 1.165) is 172 Å². The number of anilines is 1. The molecule has 0 N–H and O–H groups in total. The first-order valence-electron chi connectivity index (χ1n) is 25.9. The number of carbonyl (C=O) groups is 1. The Labute approximate surface area is 351 Å². The van der Waals surface area contributed by atoms with E-state index in [9.17, 15) is 0 Å². The Kier molecular flexibility index (Phi) is 5.52. The Balaban J connectivity index is 0.894. The van der Waals surface area contributed by atoms with E-state index in [1.807, 2.05) is 5.57 Å². The Hall–Kier alpha value is -2.55. The fourth-order valence-corrected chi connectivity index (χ4v) is 26.8. The highest BCUT2D eigenvalue weighted by atomic mass is 16.5. The molecule has 3 heteroatoms. The maximum atomic E-state index is 15.7. The van der Waals surface area contributed by atoms with Crippen molar-refractivity contribution in [3.63, 3.8) is 0 Å². The third-order valence-electron chi connectivity index (χ3n) is 25.6. The van der Waals surface area contributed by atoms with Crippen LogP contribution in [0.1, 0.15) is 63.9 Å². The van der Waals surface area contributed by atoms with Crippen LogP contribution in [-0.4, -0.2) is 18.6 Å². The van der Waals surface area contributed by atoms with Gasteiger partial charge in [0.15, 0.2) is 0 Å². The summed E-state index contributed by atoms with van der Waals surface area (Å²) >= 11 is 0. The van der Waals surface area contributed by atoms with Gasteiger partial charge in [0.1, 0.15) is 12.6 Å². The highest BCUT2D eigenvalue weighted by molar-refractivity contribution is 5.82. The molecule has 0 aromatic heterocycles. The van der Waals surface area contributed by atoms with E-state index in [2.05, 4.69) is 78.6 Å². The number of allylic oxidation sites excluding steroid dienone is 1. The Bertz CT molecular complexity index is 2270. The summed E-state index contributed by atoms with van der Waals surface area (Å²) in [4.78, 5) is 18.3. The van der Waals surface area contributed by atoms with Crippen molar-refractivity contribution in [2.24, 2.45) is 171 Å². The van der Waals surface area contributed by atoms with Crippen LogP contribution in [0.25, 0.3) is 0 Å². The van der Waals surface area contributed by atoms with E-state index in [-0.39, 0.29) is 17.4 Å². The summed E-state index contributed by atoms with van der Waals surface area (Å²) in [6.07, 6.45) is 15.3. The van der Waals surface area contributed by atoms with Crippen LogP contribution in [0.3, 0.4) is 0 Å². The van der Waals surface area contributed by atoms with Crippen LogP contribution in [0.5, 0.6) is 0 Å². The number of carbonyl (C=O) groups excluding carboxylic acids is 1. The van der Waals surface area contributed by atoms with Gasteiger partial charge in [-0.25, -0.2) is 4.79 Å². The zero-order valence-corrected chi connectivity index (χ0v) is 34.9. The molecule has 304 valence electrons. The van der Waals surface area contributed by atoms with Crippen molar-refractivity contribution < 1.29 is 9.53 Å². The lowest BCUT2D eigenvalue weighted by atomic mass is 9.41. The highest BCUT2D eigenvalue weighted by Gasteiger charge is 2.89. The molecule has 15 fully saturated rings. The minimum absolute atomic E-state index is 0.0782. The van der Waals surface area contributed by atoms with Crippen LogP contribution in [0.2, 0.25) is 0 Å².